The lowest BCUT2D eigenvalue weighted by atomic mass is 9.82. The summed E-state index contributed by atoms with van der Waals surface area (Å²) >= 11 is 20.6. The van der Waals surface area contributed by atoms with E-state index in [0.29, 0.717) is 113 Å². The molecule has 15 rings (SSSR count). The Morgan fingerprint density at radius 1 is 0.516 bits per heavy atom. The highest BCUT2D eigenvalue weighted by Crippen LogP contribution is 2.44. The van der Waals surface area contributed by atoms with Crippen molar-refractivity contribution >= 4 is 67.9 Å². The van der Waals surface area contributed by atoms with Gasteiger partial charge in [-0.25, -0.2) is 29.9 Å². The van der Waals surface area contributed by atoms with Crippen LogP contribution >= 0.6 is 34.8 Å². The molecule has 19 heteroatoms. The van der Waals surface area contributed by atoms with Crippen LogP contribution in [0.15, 0.2) is 203 Å². The first kappa shape index (κ1) is 56.9. The van der Waals surface area contributed by atoms with Crippen molar-refractivity contribution in [2.75, 3.05) is 20.1 Å². The zero-order valence-electron chi connectivity index (χ0n) is 48.7. The molecule has 91 heavy (non-hydrogen) atoms. The van der Waals surface area contributed by atoms with E-state index < -0.39 is 0 Å². The molecule has 0 saturated carbocycles. The van der Waals surface area contributed by atoms with Gasteiger partial charge in [-0.1, -0.05) is 108 Å². The first-order valence-electron chi connectivity index (χ1n) is 29.3. The Bertz CT molecular complexity index is 5390. The van der Waals surface area contributed by atoms with Gasteiger partial charge >= 0.3 is 0 Å². The van der Waals surface area contributed by atoms with Gasteiger partial charge in [0, 0.05) is 131 Å². The number of rotatable bonds is 13. The van der Waals surface area contributed by atoms with Crippen LogP contribution in [0, 0.1) is 6.92 Å². The monoisotopic (exact) mass is 1250 g/mol. The molecule has 11 aromatic heterocycles. The molecule has 3 aromatic carbocycles. The van der Waals surface area contributed by atoms with E-state index in [9.17, 15) is 14.4 Å². The quantitative estimate of drug-likeness (QED) is 0.0792. The summed E-state index contributed by atoms with van der Waals surface area (Å²) in [6.45, 7) is 3.47. The summed E-state index contributed by atoms with van der Waals surface area (Å²) in [5.41, 5.74) is 16.9. The number of pyridine rings is 10. The van der Waals surface area contributed by atoms with Crippen LogP contribution in [0.3, 0.4) is 0 Å². The highest BCUT2D eigenvalue weighted by molar-refractivity contribution is 6.30. The minimum Gasteiger partial charge on any atom is -0.346 e. The molecule has 4 N–H and O–H groups in total. The summed E-state index contributed by atoms with van der Waals surface area (Å²) in [6.07, 6.45) is 9.03. The lowest BCUT2D eigenvalue weighted by molar-refractivity contribution is 0.191. The van der Waals surface area contributed by atoms with Crippen LogP contribution in [-0.4, -0.2) is 85.1 Å². The third-order valence-corrected chi connectivity index (χ3v) is 17.2. The number of likely N-dealkylation sites (N-methyl/N-ethyl adjacent to an activating group) is 1. The Morgan fingerprint density at radius 2 is 1.19 bits per heavy atom. The third kappa shape index (κ3) is 11.1. The van der Waals surface area contributed by atoms with E-state index in [1.165, 1.54) is 0 Å². The lowest BCUT2D eigenvalue weighted by Gasteiger charge is -2.38. The van der Waals surface area contributed by atoms with Crippen LogP contribution < -0.4 is 16.3 Å². The largest absolute Gasteiger partial charge is 0.346 e. The van der Waals surface area contributed by atoms with Gasteiger partial charge in [0.2, 0.25) is 0 Å². The molecule has 1 saturated heterocycles. The van der Waals surface area contributed by atoms with Gasteiger partial charge in [0.05, 0.1) is 50.2 Å². The molecule has 16 nitrogen and oxygen atoms in total. The number of H-pyrrole nitrogens is 4. The van der Waals surface area contributed by atoms with Gasteiger partial charge in [0.15, 0.2) is 16.3 Å². The molecule has 442 valence electrons. The Hall–Kier alpha value is -10.6. The second-order valence-electron chi connectivity index (χ2n) is 22.9. The fraction of sp³-hybridized carbons (Fsp3) is 0.0972. The second-order valence-corrected chi connectivity index (χ2v) is 24.0. The van der Waals surface area contributed by atoms with Crippen molar-refractivity contribution in [3.8, 4) is 89.7 Å². The Morgan fingerprint density at radius 3 is 1.90 bits per heavy atom. The molecule has 0 radical (unpaired) electrons. The smallest absolute Gasteiger partial charge is 0.200 e. The molecule has 0 atom stereocenters. The molecule has 1 aliphatic rings. The summed E-state index contributed by atoms with van der Waals surface area (Å²) in [5, 5.41) is 9.18. The Kier molecular flexibility index (Phi) is 14.6. The predicted molar refractivity (Wildman–Crippen MR) is 360 cm³/mol. The van der Waals surface area contributed by atoms with Gasteiger partial charge in [-0.2, -0.15) is 5.10 Å². The predicted octanol–water partition coefficient (Wildman–Crippen LogP) is 14.5. The van der Waals surface area contributed by atoms with Gasteiger partial charge in [-0.05, 0) is 120 Å². The minimum absolute atomic E-state index is 0.0853. The molecule has 0 amide bonds. The molecule has 0 unspecified atom stereocenters. The first-order chi connectivity index (χ1) is 44.3. The maximum Gasteiger partial charge on any atom is 0.200 e. The van der Waals surface area contributed by atoms with Gasteiger partial charge < -0.3 is 19.9 Å². The molecule has 12 heterocycles. The molecular weight excluding hydrogens is 1200 g/mol. The zero-order chi connectivity index (χ0) is 62.0. The third-order valence-electron chi connectivity index (χ3n) is 16.6. The number of nitrogens with one attached hydrogen (secondary N) is 4. The maximum atomic E-state index is 14.3. The van der Waals surface area contributed by atoms with E-state index in [2.05, 4.69) is 65.3 Å². The second kappa shape index (κ2) is 23.4. The van der Waals surface area contributed by atoms with Gasteiger partial charge in [-0.3, -0.25) is 24.5 Å². The molecule has 0 spiro atoms. The summed E-state index contributed by atoms with van der Waals surface area (Å²) in [4.78, 5) is 88.3. The zero-order valence-corrected chi connectivity index (χ0v) is 51.0. The Balaban J connectivity index is 0.805. The number of likely N-dealkylation sites (tertiary alicyclic amines) is 1. The molecule has 1 fully saturated rings. The van der Waals surface area contributed by atoms with Crippen LogP contribution in [0.4, 0.5) is 0 Å². The average molecular weight is 1250 g/mol. The fourth-order valence-corrected chi connectivity index (χ4v) is 13.2. The SMILES string of the molecule is Cc1cc(-c2c(-c3ccc(Cc4cc(-c5cc6c(=O)cc(-c7cccnc7)[nH]c6nc5-c5cccc(Cc6cc(-c7cc8c(=O)c(-c9ccn[nH]9)c[nH]c8nc7-c7ccccc7)cc(Cl)n6)c5)cc(Cl)n4)cc3)nc3[nH]ccc(=O)c3c2C2CN(C)C2)cc(Cl)n1. The standard InChI is InChI=1S/C72H50Cl3N13O3/c1-38-22-47(30-60(73)80-38)64-63(48-36-88(2)37-48)65-58(89)18-20-77-72(65)86-68(64)42-15-13-39(14-16-42)24-49-26-45(28-61(74)81-49)51-31-53-59(90)33-57(44-12-7-19-76-34-44)83-71(53)85-67(51)43-11-6-8-40(23-43)25-50-27-46(29-62(75)82-50)52-32-54-69(91)55(56-17-21-79-87-56)35-78-70(54)84-66(52)41-9-4-3-5-10-41/h3-23,26-35,48H,24-25,36-37H2,1-2H3,(H,79,87)(H,77,86,89)(H,78,84,91)(H,83,85,90). The van der Waals surface area contributed by atoms with Crippen LogP contribution in [0.1, 0.15) is 39.7 Å². The van der Waals surface area contributed by atoms with Crippen molar-refractivity contribution in [1.29, 1.82) is 0 Å². The molecule has 14 aromatic rings. The van der Waals surface area contributed by atoms with Gasteiger partial charge in [0.1, 0.15) is 32.4 Å². The number of halogens is 3. The number of aryl methyl sites for hydroxylation is 1. The highest BCUT2D eigenvalue weighted by atomic mass is 35.5. The van der Waals surface area contributed by atoms with Crippen LogP contribution in [0.5, 0.6) is 0 Å². The molecular formula is C72H50Cl3N13O3. The summed E-state index contributed by atoms with van der Waals surface area (Å²) < 4.78 is 0. The van der Waals surface area contributed by atoms with Gasteiger partial charge in [-0.15, -0.1) is 0 Å². The van der Waals surface area contributed by atoms with Crippen LogP contribution in [-0.2, 0) is 12.8 Å². The van der Waals surface area contributed by atoms with Crippen LogP contribution in [0.25, 0.3) is 123 Å². The van der Waals surface area contributed by atoms with Crippen molar-refractivity contribution < 1.29 is 0 Å². The number of fused-ring (bicyclic) bond motifs is 3. The topological polar surface area (TPSA) is 221 Å². The minimum atomic E-state index is -0.227. The van der Waals surface area contributed by atoms with E-state index in [0.717, 1.165) is 74.4 Å². The highest BCUT2D eigenvalue weighted by Gasteiger charge is 2.33. The van der Waals surface area contributed by atoms with Crippen molar-refractivity contribution in [2.24, 2.45) is 0 Å². The maximum absolute atomic E-state index is 14.3. The van der Waals surface area contributed by atoms with Crippen LogP contribution in [0.2, 0.25) is 15.5 Å². The molecule has 0 aliphatic carbocycles. The summed E-state index contributed by atoms with van der Waals surface area (Å²) in [7, 11) is 2.07. The Labute approximate surface area is 533 Å². The number of hydrogen-bond donors (Lipinski definition) is 4. The molecule has 0 bridgehead atoms. The van der Waals surface area contributed by atoms with E-state index >= 15 is 0 Å². The normalized spacial score (nSPS) is 12.7. The number of hydrogen-bond acceptors (Lipinski definition) is 12. The number of nitrogens with zero attached hydrogens (tertiary/aromatic N) is 9. The number of aromatic nitrogens is 12. The van der Waals surface area contributed by atoms with E-state index in [4.69, 9.17) is 59.7 Å². The summed E-state index contributed by atoms with van der Waals surface area (Å²) in [5.74, 6) is 0.0853. The fourth-order valence-electron chi connectivity index (χ4n) is 12.5. The van der Waals surface area contributed by atoms with E-state index in [1.54, 1.807) is 61.3 Å². The van der Waals surface area contributed by atoms with Crippen molar-refractivity contribution in [3.05, 3.63) is 269 Å². The number of benzene rings is 3. The van der Waals surface area contributed by atoms with Gasteiger partial charge in [0.25, 0.3) is 0 Å². The van der Waals surface area contributed by atoms with E-state index in [1.807, 2.05) is 116 Å². The van der Waals surface area contributed by atoms with Crippen molar-refractivity contribution in [3.63, 3.8) is 0 Å². The van der Waals surface area contributed by atoms with Crippen molar-refractivity contribution in [1.82, 2.24) is 64.9 Å². The van der Waals surface area contributed by atoms with Crippen molar-refractivity contribution in [2.45, 2.75) is 25.7 Å². The molecule has 1 aliphatic heterocycles. The first-order valence-corrected chi connectivity index (χ1v) is 30.4. The number of aromatic amines is 4. The summed E-state index contributed by atoms with van der Waals surface area (Å²) in [6, 6.07) is 49.7. The van der Waals surface area contributed by atoms with E-state index in [-0.39, 0.29) is 32.5 Å². The lowest BCUT2D eigenvalue weighted by Crippen LogP contribution is -2.42. The average Bonchev–Trinajstić information content (AvgIpc) is 0.863.